The summed E-state index contributed by atoms with van der Waals surface area (Å²) in [5, 5.41) is 11.5. The van der Waals surface area contributed by atoms with Gasteiger partial charge in [-0.3, -0.25) is 14.4 Å². The van der Waals surface area contributed by atoms with Gasteiger partial charge in [-0.25, -0.2) is 4.79 Å². The Labute approximate surface area is 254 Å². The highest BCUT2D eigenvalue weighted by Gasteiger charge is 2.31. The highest BCUT2D eigenvalue weighted by molar-refractivity contribution is 5.91. The van der Waals surface area contributed by atoms with Crippen molar-refractivity contribution < 1.29 is 29.6 Å². The molecule has 0 saturated carbocycles. The summed E-state index contributed by atoms with van der Waals surface area (Å²) in [6.45, 7) is 6.65. The number of ether oxygens (including phenoxy) is 1. The van der Waals surface area contributed by atoms with Crippen LogP contribution in [0.2, 0.25) is 0 Å². The lowest BCUT2D eigenvalue weighted by atomic mass is 9.97. The van der Waals surface area contributed by atoms with Crippen LogP contribution in [0, 0.1) is 11.8 Å². The lowest BCUT2D eigenvalue weighted by Crippen LogP contribution is -2.55. The molecule has 2 aromatic rings. The van der Waals surface area contributed by atoms with Crippen molar-refractivity contribution in [2.75, 3.05) is 6.54 Å². The van der Waals surface area contributed by atoms with Crippen LogP contribution in [0.5, 0.6) is 0 Å². The molecule has 0 bridgehead atoms. The molecule has 42 heavy (non-hydrogen) atoms. The van der Waals surface area contributed by atoms with Crippen molar-refractivity contribution >= 4 is 23.8 Å². The molecule has 0 aliphatic carbocycles. The van der Waals surface area contributed by atoms with E-state index in [1.165, 1.54) is 0 Å². The van der Waals surface area contributed by atoms with E-state index in [1.807, 2.05) is 93.6 Å². The van der Waals surface area contributed by atoms with Gasteiger partial charge in [-0.1, -0.05) is 86.7 Å². The first kappa shape index (κ1) is 32.4. The van der Waals surface area contributed by atoms with Gasteiger partial charge in [0, 0.05) is 30.6 Å². The van der Waals surface area contributed by atoms with Crippen LogP contribution < -0.4 is 21.3 Å². The number of benzene rings is 2. The van der Waals surface area contributed by atoms with Crippen molar-refractivity contribution in [1.82, 2.24) is 21.3 Å². The number of hydrogen-bond donors (Lipinski definition) is 4. The molecule has 0 radical (unpaired) electrons. The lowest BCUT2D eigenvalue weighted by Gasteiger charge is -2.26. The Morgan fingerprint density at radius 3 is 2.17 bits per heavy atom. The smallest absolute Gasteiger partial charge is 0.408 e. The number of carbonyl (C=O) groups is 4. The van der Waals surface area contributed by atoms with E-state index in [1.54, 1.807) is 0 Å². The summed E-state index contributed by atoms with van der Waals surface area (Å²) >= 11 is 0. The van der Waals surface area contributed by atoms with Gasteiger partial charge in [0.2, 0.25) is 17.7 Å². The normalized spacial score (nSPS) is 16.9. The molecule has 9 heteroatoms. The molecule has 3 rings (SSSR count). The van der Waals surface area contributed by atoms with Gasteiger partial charge in [0.25, 0.3) is 0 Å². The van der Waals surface area contributed by atoms with Crippen LogP contribution in [0.4, 0.5) is 4.79 Å². The van der Waals surface area contributed by atoms with Gasteiger partial charge in [0.15, 0.2) is 0 Å². The van der Waals surface area contributed by atoms with Crippen LogP contribution in [0.3, 0.4) is 0 Å². The van der Waals surface area contributed by atoms with Crippen LogP contribution in [-0.4, -0.2) is 48.5 Å². The molecule has 0 spiro atoms. The minimum absolute atomic E-state index is 0. The number of alkyl carbamates (subject to hydrolysis) is 1. The van der Waals surface area contributed by atoms with Gasteiger partial charge in [0.1, 0.15) is 18.7 Å². The van der Waals surface area contributed by atoms with E-state index < -0.39 is 24.1 Å². The third kappa shape index (κ3) is 11.0. The molecule has 0 unspecified atom stereocenters. The number of amides is 4. The number of allylic oxidation sites excluding steroid dienone is 1. The lowest BCUT2D eigenvalue weighted by molar-refractivity contribution is -0.130. The van der Waals surface area contributed by atoms with Gasteiger partial charge in [0.05, 0.1) is 0 Å². The summed E-state index contributed by atoms with van der Waals surface area (Å²) < 4.78 is 5.37. The molecule has 1 aliphatic heterocycles. The fraction of sp³-hybridized carbons (Fsp3) is 0.455. The number of nitrogens with one attached hydrogen (secondary N) is 4. The van der Waals surface area contributed by atoms with Crippen molar-refractivity contribution in [2.45, 2.75) is 77.6 Å². The van der Waals surface area contributed by atoms with E-state index in [4.69, 9.17) is 4.74 Å². The van der Waals surface area contributed by atoms with Crippen molar-refractivity contribution in [1.29, 1.82) is 0 Å². The molecule has 1 saturated heterocycles. The topological polar surface area (TPSA) is 126 Å². The molecule has 0 aromatic heterocycles. The fourth-order valence-corrected chi connectivity index (χ4v) is 4.88. The zero-order valence-corrected chi connectivity index (χ0v) is 24.8. The molecule has 1 aliphatic rings. The van der Waals surface area contributed by atoms with E-state index in [0.29, 0.717) is 31.7 Å². The second-order valence-corrected chi connectivity index (χ2v) is 11.1. The Morgan fingerprint density at radius 2 is 1.57 bits per heavy atom. The summed E-state index contributed by atoms with van der Waals surface area (Å²) in [6.07, 6.45) is 5.54. The third-order valence-corrected chi connectivity index (χ3v) is 7.22. The maximum atomic E-state index is 13.6. The van der Waals surface area contributed by atoms with Crippen molar-refractivity contribution in [3.05, 3.63) is 83.9 Å². The summed E-state index contributed by atoms with van der Waals surface area (Å²) in [4.78, 5) is 52.0. The molecule has 1 fully saturated rings. The SMILES string of the molecule is C/C=C/[C@H](C[C@H]1CCNC1=O)NC(=O)[C@H](Cc1ccccc1)NC(=O)[C@H](CCC(C)C)NC(=O)OCc1ccccc1.[HH].[HH].[HH].[HH]. The minimum atomic E-state index is -0.895. The molecule has 4 amide bonds. The van der Waals surface area contributed by atoms with Crippen molar-refractivity contribution in [2.24, 2.45) is 11.8 Å². The first-order chi connectivity index (χ1) is 20.2. The molecule has 234 valence electrons. The first-order valence-electron chi connectivity index (χ1n) is 14.8. The second kappa shape index (κ2) is 17.0. The highest BCUT2D eigenvalue weighted by Crippen LogP contribution is 2.17. The molecule has 4 N–H and O–H groups in total. The highest BCUT2D eigenvalue weighted by atomic mass is 16.5. The van der Waals surface area contributed by atoms with E-state index in [0.717, 1.165) is 17.5 Å². The molecular weight excluding hydrogens is 532 g/mol. The maximum absolute atomic E-state index is 13.6. The minimum Gasteiger partial charge on any atom is -0.445 e. The Kier molecular flexibility index (Phi) is 13.1. The average Bonchev–Trinajstić information content (AvgIpc) is 3.38. The molecule has 1 heterocycles. The molecular formula is C33H52N4O5. The Bertz CT molecular complexity index is 1210. The summed E-state index contributed by atoms with van der Waals surface area (Å²) in [5.74, 6) is -0.698. The van der Waals surface area contributed by atoms with Gasteiger partial charge in [-0.2, -0.15) is 0 Å². The van der Waals surface area contributed by atoms with Gasteiger partial charge >= 0.3 is 6.09 Å². The van der Waals surface area contributed by atoms with Gasteiger partial charge in [-0.05, 0) is 49.7 Å². The van der Waals surface area contributed by atoms with Crippen molar-refractivity contribution in [3.63, 3.8) is 0 Å². The number of rotatable bonds is 15. The zero-order valence-electron chi connectivity index (χ0n) is 24.8. The predicted molar refractivity (Wildman–Crippen MR) is 171 cm³/mol. The van der Waals surface area contributed by atoms with E-state index in [-0.39, 0.29) is 42.5 Å². The summed E-state index contributed by atoms with van der Waals surface area (Å²) in [7, 11) is 0. The maximum Gasteiger partial charge on any atom is 0.408 e. The Hall–Kier alpha value is -4.14. The summed E-state index contributed by atoms with van der Waals surface area (Å²) in [6, 6.07) is 16.6. The Balaban J connectivity index is 0. The number of carbonyl (C=O) groups excluding carboxylic acids is 4. The molecule has 4 atom stereocenters. The second-order valence-electron chi connectivity index (χ2n) is 11.1. The molecule has 9 nitrogen and oxygen atoms in total. The van der Waals surface area contributed by atoms with E-state index >= 15 is 0 Å². The van der Waals surface area contributed by atoms with Crippen LogP contribution in [-0.2, 0) is 32.1 Å². The Morgan fingerprint density at radius 1 is 0.929 bits per heavy atom. The quantitative estimate of drug-likeness (QED) is 0.219. The van der Waals surface area contributed by atoms with Crippen LogP contribution in [0.15, 0.2) is 72.8 Å². The number of hydrogen-bond acceptors (Lipinski definition) is 5. The van der Waals surface area contributed by atoms with E-state index in [2.05, 4.69) is 21.3 Å². The van der Waals surface area contributed by atoms with Crippen molar-refractivity contribution in [3.8, 4) is 0 Å². The van der Waals surface area contributed by atoms with Crippen LogP contribution >= 0.6 is 0 Å². The fourth-order valence-electron chi connectivity index (χ4n) is 4.88. The average molecular weight is 585 g/mol. The van der Waals surface area contributed by atoms with E-state index in [9.17, 15) is 19.2 Å². The largest absolute Gasteiger partial charge is 0.445 e. The van der Waals surface area contributed by atoms with Crippen LogP contribution in [0.25, 0.3) is 0 Å². The standard InChI is InChI=1S/C33H44N4O5.4H2/c1-4-11-27(21-26-18-19-34-30(26)38)35-32(40)29(20-24-12-7-5-8-13-24)36-31(39)28(17-16-23(2)3)37-33(41)42-22-25-14-9-6-10-15-25;;;;/h4-15,23,26-29H,16-22H2,1-3H3,(H,34,38)(H,35,40)(H,36,39)(H,37,41);4*1H/b11-4+;;;;/t26-,27-,28+,29+;;;;/m1..../s1. The van der Waals surface area contributed by atoms with Gasteiger partial charge < -0.3 is 26.0 Å². The van der Waals surface area contributed by atoms with Crippen LogP contribution in [0.1, 0.15) is 63.3 Å². The summed E-state index contributed by atoms with van der Waals surface area (Å²) in [5.41, 5.74) is 1.71. The van der Waals surface area contributed by atoms with Gasteiger partial charge in [-0.15, -0.1) is 0 Å². The third-order valence-electron chi connectivity index (χ3n) is 7.22. The zero-order chi connectivity index (χ0) is 30.3. The monoisotopic (exact) mass is 584 g/mol. The molecule has 2 aromatic carbocycles. The predicted octanol–water partition coefficient (Wildman–Crippen LogP) is 5.02. The first-order valence-corrected chi connectivity index (χ1v) is 14.8.